The summed E-state index contributed by atoms with van der Waals surface area (Å²) in [5, 5.41) is 4.05. The molecule has 19 heavy (non-hydrogen) atoms. The highest BCUT2D eigenvalue weighted by Gasteiger charge is 2.18. The minimum absolute atomic E-state index is 0.0153. The number of aromatic nitrogens is 1. The Morgan fingerprint density at radius 3 is 2.84 bits per heavy atom. The van der Waals surface area contributed by atoms with Crippen molar-refractivity contribution in [2.24, 2.45) is 11.7 Å². The van der Waals surface area contributed by atoms with E-state index >= 15 is 0 Å². The van der Waals surface area contributed by atoms with Crippen molar-refractivity contribution in [2.75, 3.05) is 5.32 Å². The number of carbonyl (C=O) groups excluding carboxylic acids is 1. The maximum Gasteiger partial charge on any atom is 0.241 e. The first-order valence-corrected chi connectivity index (χ1v) is 6.08. The first kappa shape index (κ1) is 13.4. The molecule has 0 aliphatic rings. The minimum atomic E-state index is -0.625. The maximum atomic E-state index is 13.5. The van der Waals surface area contributed by atoms with Crippen LogP contribution >= 0.6 is 0 Å². The van der Waals surface area contributed by atoms with Gasteiger partial charge in [0.15, 0.2) is 0 Å². The van der Waals surface area contributed by atoms with Gasteiger partial charge in [0.2, 0.25) is 5.91 Å². The van der Waals surface area contributed by atoms with Crippen LogP contribution in [0.15, 0.2) is 30.6 Å². The highest BCUT2D eigenvalue weighted by Crippen LogP contribution is 2.24. The third-order valence-corrected chi connectivity index (χ3v) is 3.00. The van der Waals surface area contributed by atoms with Gasteiger partial charge in [0, 0.05) is 23.2 Å². The maximum absolute atomic E-state index is 13.5. The molecule has 0 aliphatic carbocycles. The van der Waals surface area contributed by atoms with E-state index < -0.39 is 11.9 Å². The van der Waals surface area contributed by atoms with Gasteiger partial charge in [0.05, 0.1) is 11.7 Å². The number of nitrogens with one attached hydrogen (secondary N) is 1. The Morgan fingerprint density at radius 1 is 1.42 bits per heavy atom. The molecule has 0 saturated carbocycles. The van der Waals surface area contributed by atoms with Gasteiger partial charge in [-0.25, -0.2) is 4.39 Å². The Kier molecular flexibility index (Phi) is 3.76. The standard InChI is InChI=1S/C14H16FN3O/c1-8(2)13(16)14(19)18-12-6-10(15)5-9-7-17-4-3-11(9)12/h3-8,13H,16H2,1-2H3,(H,18,19). The van der Waals surface area contributed by atoms with Crippen LogP contribution in [0.1, 0.15) is 13.8 Å². The summed E-state index contributed by atoms with van der Waals surface area (Å²) in [6.45, 7) is 3.72. The zero-order valence-electron chi connectivity index (χ0n) is 10.9. The highest BCUT2D eigenvalue weighted by molar-refractivity contribution is 6.03. The van der Waals surface area contributed by atoms with E-state index in [1.54, 1.807) is 18.5 Å². The van der Waals surface area contributed by atoms with E-state index in [-0.39, 0.29) is 11.8 Å². The van der Waals surface area contributed by atoms with Crippen molar-refractivity contribution in [3.05, 3.63) is 36.4 Å². The zero-order chi connectivity index (χ0) is 14.0. The number of nitrogens with zero attached hydrogens (tertiary/aromatic N) is 1. The monoisotopic (exact) mass is 261 g/mol. The van der Waals surface area contributed by atoms with Gasteiger partial charge in [-0.2, -0.15) is 0 Å². The fourth-order valence-corrected chi connectivity index (χ4v) is 1.80. The van der Waals surface area contributed by atoms with Gasteiger partial charge >= 0.3 is 0 Å². The number of rotatable bonds is 3. The van der Waals surface area contributed by atoms with Crippen LogP contribution in [0.25, 0.3) is 10.8 Å². The largest absolute Gasteiger partial charge is 0.324 e. The first-order valence-electron chi connectivity index (χ1n) is 6.08. The SMILES string of the molecule is CC(C)C(N)C(=O)Nc1cc(F)cc2cnccc12. The molecule has 0 radical (unpaired) electrons. The Balaban J connectivity index is 2.37. The van der Waals surface area contributed by atoms with Crippen molar-refractivity contribution < 1.29 is 9.18 Å². The molecule has 1 amide bonds. The van der Waals surface area contributed by atoms with Gasteiger partial charge in [-0.05, 0) is 24.1 Å². The summed E-state index contributed by atoms with van der Waals surface area (Å²) < 4.78 is 13.5. The lowest BCUT2D eigenvalue weighted by Gasteiger charge is -2.16. The number of halogens is 1. The smallest absolute Gasteiger partial charge is 0.241 e. The number of fused-ring (bicyclic) bond motifs is 1. The molecule has 2 rings (SSSR count). The first-order chi connectivity index (χ1) is 8.99. The van der Waals surface area contributed by atoms with Crippen LogP contribution in [0.3, 0.4) is 0 Å². The summed E-state index contributed by atoms with van der Waals surface area (Å²) in [6, 6.07) is 3.76. The molecule has 1 aromatic heterocycles. The Labute approximate surface area is 110 Å². The third kappa shape index (κ3) is 2.88. The van der Waals surface area contributed by atoms with Crippen LogP contribution in [-0.4, -0.2) is 16.9 Å². The summed E-state index contributed by atoms with van der Waals surface area (Å²) in [4.78, 5) is 15.9. The number of nitrogens with two attached hydrogens (primary N) is 1. The van der Waals surface area contributed by atoms with Gasteiger partial charge in [0.25, 0.3) is 0 Å². The lowest BCUT2D eigenvalue weighted by molar-refractivity contribution is -0.118. The van der Waals surface area contributed by atoms with Gasteiger partial charge in [-0.3, -0.25) is 9.78 Å². The summed E-state index contributed by atoms with van der Waals surface area (Å²) in [6.07, 6.45) is 3.15. The second kappa shape index (κ2) is 5.32. The molecule has 1 unspecified atom stereocenters. The van der Waals surface area contributed by atoms with Crippen molar-refractivity contribution in [2.45, 2.75) is 19.9 Å². The summed E-state index contributed by atoms with van der Waals surface area (Å²) in [7, 11) is 0. The molecule has 1 aromatic carbocycles. The average Bonchev–Trinajstić information content (AvgIpc) is 2.37. The number of amides is 1. The number of benzene rings is 1. The fourth-order valence-electron chi connectivity index (χ4n) is 1.80. The van der Waals surface area contributed by atoms with Crippen molar-refractivity contribution in [1.82, 2.24) is 4.98 Å². The topological polar surface area (TPSA) is 68.0 Å². The fraction of sp³-hybridized carbons (Fsp3) is 0.286. The summed E-state index contributed by atoms with van der Waals surface area (Å²) in [5.74, 6) is -0.728. The second-order valence-corrected chi connectivity index (χ2v) is 4.81. The lowest BCUT2D eigenvalue weighted by atomic mass is 10.0. The summed E-state index contributed by atoms with van der Waals surface area (Å²) in [5.41, 5.74) is 6.19. The molecule has 0 saturated heterocycles. The Hall–Kier alpha value is -2.01. The second-order valence-electron chi connectivity index (χ2n) is 4.81. The molecule has 1 heterocycles. The van der Waals surface area contributed by atoms with Gasteiger partial charge in [0.1, 0.15) is 5.82 Å². The highest BCUT2D eigenvalue weighted by atomic mass is 19.1. The Morgan fingerprint density at radius 2 is 2.16 bits per heavy atom. The van der Waals surface area contributed by atoms with Crippen LogP contribution in [0, 0.1) is 11.7 Å². The Bertz CT molecular complexity index is 613. The predicted molar refractivity (Wildman–Crippen MR) is 73.1 cm³/mol. The third-order valence-electron chi connectivity index (χ3n) is 3.00. The quantitative estimate of drug-likeness (QED) is 0.890. The normalized spacial score (nSPS) is 12.7. The molecule has 2 aromatic rings. The molecular formula is C14H16FN3O. The molecule has 4 nitrogen and oxygen atoms in total. The van der Waals surface area contributed by atoms with Crippen molar-refractivity contribution in [3.63, 3.8) is 0 Å². The van der Waals surface area contributed by atoms with Crippen molar-refractivity contribution >= 4 is 22.4 Å². The number of hydrogen-bond donors (Lipinski definition) is 2. The molecule has 0 bridgehead atoms. The van der Waals surface area contributed by atoms with E-state index in [2.05, 4.69) is 10.3 Å². The molecular weight excluding hydrogens is 245 g/mol. The van der Waals surface area contributed by atoms with Crippen molar-refractivity contribution in [1.29, 1.82) is 0 Å². The molecule has 1 atom stereocenters. The molecule has 0 spiro atoms. The van der Waals surface area contributed by atoms with E-state index in [9.17, 15) is 9.18 Å². The zero-order valence-corrected chi connectivity index (χ0v) is 10.9. The van der Waals surface area contributed by atoms with E-state index in [1.807, 2.05) is 13.8 Å². The van der Waals surface area contributed by atoms with Crippen LogP contribution < -0.4 is 11.1 Å². The molecule has 3 N–H and O–H groups in total. The van der Waals surface area contributed by atoms with E-state index in [0.717, 1.165) is 5.39 Å². The lowest BCUT2D eigenvalue weighted by Crippen LogP contribution is -2.39. The molecule has 0 aliphatic heterocycles. The van der Waals surface area contributed by atoms with Gasteiger partial charge in [-0.1, -0.05) is 13.8 Å². The number of anilines is 1. The predicted octanol–water partition coefficient (Wildman–Crippen LogP) is 2.30. The number of hydrogen-bond acceptors (Lipinski definition) is 3. The average molecular weight is 261 g/mol. The number of carbonyl (C=O) groups is 1. The molecule has 5 heteroatoms. The van der Waals surface area contributed by atoms with E-state index in [1.165, 1.54) is 12.1 Å². The minimum Gasteiger partial charge on any atom is -0.324 e. The van der Waals surface area contributed by atoms with Crippen LogP contribution in [0.2, 0.25) is 0 Å². The summed E-state index contributed by atoms with van der Waals surface area (Å²) >= 11 is 0. The molecule has 0 fully saturated rings. The van der Waals surface area contributed by atoms with Crippen LogP contribution in [-0.2, 0) is 4.79 Å². The van der Waals surface area contributed by atoms with Crippen LogP contribution in [0.4, 0.5) is 10.1 Å². The van der Waals surface area contributed by atoms with E-state index in [0.29, 0.717) is 11.1 Å². The molecule has 100 valence electrons. The van der Waals surface area contributed by atoms with Crippen LogP contribution in [0.5, 0.6) is 0 Å². The number of pyridine rings is 1. The van der Waals surface area contributed by atoms with E-state index in [4.69, 9.17) is 5.73 Å². The van der Waals surface area contributed by atoms with Gasteiger partial charge in [-0.15, -0.1) is 0 Å². The van der Waals surface area contributed by atoms with Crippen molar-refractivity contribution in [3.8, 4) is 0 Å². The van der Waals surface area contributed by atoms with Gasteiger partial charge < -0.3 is 11.1 Å².